The first-order valence-corrected chi connectivity index (χ1v) is 10.3. The van der Waals surface area contributed by atoms with Crippen molar-refractivity contribution in [1.82, 2.24) is 0 Å². The van der Waals surface area contributed by atoms with E-state index in [1.807, 2.05) is 13.8 Å². The van der Waals surface area contributed by atoms with Crippen LogP contribution in [-0.4, -0.2) is 42.8 Å². The van der Waals surface area contributed by atoms with Gasteiger partial charge in [0.05, 0.1) is 13.2 Å². The first kappa shape index (κ1) is 22.3. The number of hydrogen-bond donors (Lipinski definition) is 1. The van der Waals surface area contributed by atoms with Gasteiger partial charge in [-0.2, -0.15) is 0 Å². The first-order chi connectivity index (χ1) is 14.1. The van der Waals surface area contributed by atoms with Gasteiger partial charge in [-0.05, 0) is 50.0 Å². The van der Waals surface area contributed by atoms with E-state index in [0.29, 0.717) is 17.7 Å². The Kier molecular flexibility index (Phi) is 6.22. The molecule has 3 rings (SSSR count). The number of carbonyl (C=O) groups excluding carboxylic acids is 1. The van der Waals surface area contributed by atoms with E-state index in [9.17, 15) is 9.18 Å². The van der Waals surface area contributed by atoms with Crippen LogP contribution in [0.25, 0.3) is 0 Å². The van der Waals surface area contributed by atoms with Crippen molar-refractivity contribution in [3.63, 3.8) is 0 Å². The van der Waals surface area contributed by atoms with E-state index < -0.39 is 17.0 Å². The molecular weight excluding hydrogens is 388 g/mol. The lowest BCUT2D eigenvalue weighted by molar-refractivity contribution is -0.115. The maximum absolute atomic E-state index is 15.7. The number of hydrogen-bond acceptors (Lipinski definition) is 5. The molecule has 2 heterocycles. The Morgan fingerprint density at radius 1 is 1.33 bits per heavy atom. The van der Waals surface area contributed by atoms with Crippen LogP contribution in [0.4, 0.5) is 8.78 Å². The average Bonchev–Trinajstić information content (AvgIpc) is 3.02. The SMILES string of the molecule is CCC1=NCC(C(=O)Cc2ccc(F)c([C@@]3(CC)N=C(N)COCC3(C)F)c2)=C1C. The van der Waals surface area contributed by atoms with Gasteiger partial charge in [0, 0.05) is 23.3 Å². The van der Waals surface area contributed by atoms with E-state index in [4.69, 9.17) is 10.5 Å². The van der Waals surface area contributed by atoms with Crippen molar-refractivity contribution in [2.24, 2.45) is 15.7 Å². The molecule has 5 nitrogen and oxygen atoms in total. The van der Waals surface area contributed by atoms with Crippen molar-refractivity contribution in [2.45, 2.75) is 58.2 Å². The third-order valence-corrected chi connectivity index (χ3v) is 6.16. The number of aliphatic imine (C=N–C) groups is 2. The summed E-state index contributed by atoms with van der Waals surface area (Å²) in [7, 11) is 0. The second-order valence-electron chi connectivity index (χ2n) is 8.14. The highest BCUT2D eigenvalue weighted by molar-refractivity contribution is 6.11. The maximum atomic E-state index is 15.7. The molecule has 1 aromatic rings. The van der Waals surface area contributed by atoms with Crippen LogP contribution in [-0.2, 0) is 21.5 Å². The minimum absolute atomic E-state index is 0.00571. The fraction of sp³-hybridized carbons (Fsp3) is 0.522. The van der Waals surface area contributed by atoms with Crippen LogP contribution in [0.2, 0.25) is 0 Å². The van der Waals surface area contributed by atoms with Gasteiger partial charge in [-0.3, -0.25) is 14.8 Å². The smallest absolute Gasteiger partial charge is 0.165 e. The largest absolute Gasteiger partial charge is 0.386 e. The molecule has 1 unspecified atom stereocenters. The molecule has 0 amide bonds. The predicted molar refractivity (Wildman–Crippen MR) is 114 cm³/mol. The van der Waals surface area contributed by atoms with E-state index in [1.54, 1.807) is 19.1 Å². The van der Waals surface area contributed by atoms with E-state index in [-0.39, 0.29) is 43.2 Å². The minimum atomic E-state index is -1.97. The van der Waals surface area contributed by atoms with Crippen molar-refractivity contribution in [1.29, 1.82) is 0 Å². The number of alkyl halides is 1. The van der Waals surface area contributed by atoms with Gasteiger partial charge in [0.1, 0.15) is 23.8 Å². The predicted octanol–water partition coefficient (Wildman–Crippen LogP) is 3.84. The number of amidine groups is 1. The summed E-state index contributed by atoms with van der Waals surface area (Å²) in [5, 5.41) is 0. The molecule has 30 heavy (non-hydrogen) atoms. The standard InChI is InChI=1S/C23H29F2N3O2/c1-5-19-14(3)16(11-27-19)20(29)10-15-7-8-18(24)17(9-15)23(6-2)22(4,25)13-30-12-21(26)28-23/h7-9H,5-6,10-13H2,1-4H3,(H2,26,28)/t22?,23-/m1/s1. The van der Waals surface area contributed by atoms with Crippen molar-refractivity contribution in [2.75, 3.05) is 19.8 Å². The number of allylic oxidation sites excluding steroid dienone is 1. The van der Waals surface area contributed by atoms with E-state index in [0.717, 1.165) is 17.7 Å². The molecule has 7 heteroatoms. The van der Waals surface area contributed by atoms with E-state index in [2.05, 4.69) is 9.98 Å². The molecule has 2 N–H and O–H groups in total. The third-order valence-electron chi connectivity index (χ3n) is 6.16. The summed E-state index contributed by atoms with van der Waals surface area (Å²) >= 11 is 0. The lowest BCUT2D eigenvalue weighted by atomic mass is 9.74. The highest BCUT2D eigenvalue weighted by atomic mass is 19.1. The number of benzene rings is 1. The Labute approximate surface area is 176 Å². The molecule has 2 aliphatic rings. The fourth-order valence-electron chi connectivity index (χ4n) is 4.39. The van der Waals surface area contributed by atoms with Crippen LogP contribution in [0.3, 0.4) is 0 Å². The summed E-state index contributed by atoms with van der Waals surface area (Å²) in [6.45, 7) is 7.12. The van der Waals surface area contributed by atoms with Crippen molar-refractivity contribution >= 4 is 17.3 Å². The third kappa shape index (κ3) is 3.83. The zero-order chi connectivity index (χ0) is 22.1. The highest BCUT2D eigenvalue weighted by Gasteiger charge is 2.52. The molecule has 162 valence electrons. The number of rotatable bonds is 6. The summed E-state index contributed by atoms with van der Waals surface area (Å²) in [5.74, 6) is -0.517. The first-order valence-electron chi connectivity index (χ1n) is 10.3. The number of Topliss-reactive ketones (excluding diaryl/α,β-unsaturated/α-hetero) is 1. The number of carbonyl (C=O) groups is 1. The zero-order valence-corrected chi connectivity index (χ0v) is 18.0. The number of ether oxygens (including phenoxy) is 1. The average molecular weight is 418 g/mol. The summed E-state index contributed by atoms with van der Waals surface area (Å²) < 4.78 is 36.0. The van der Waals surface area contributed by atoms with Crippen LogP contribution >= 0.6 is 0 Å². The Balaban J connectivity index is 2.00. The number of nitrogens with zero attached hydrogens (tertiary/aromatic N) is 2. The summed E-state index contributed by atoms with van der Waals surface area (Å²) in [4.78, 5) is 21.7. The lowest BCUT2D eigenvalue weighted by Gasteiger charge is -2.39. The van der Waals surface area contributed by atoms with Gasteiger partial charge in [-0.1, -0.05) is 19.9 Å². The van der Waals surface area contributed by atoms with Crippen molar-refractivity contribution < 1.29 is 18.3 Å². The number of ketones is 1. The van der Waals surface area contributed by atoms with Crippen molar-refractivity contribution in [3.05, 3.63) is 46.3 Å². The Morgan fingerprint density at radius 3 is 2.70 bits per heavy atom. The van der Waals surface area contributed by atoms with E-state index in [1.165, 1.54) is 13.0 Å². The molecule has 0 aliphatic carbocycles. The lowest BCUT2D eigenvalue weighted by Crippen LogP contribution is -2.48. The molecule has 1 aromatic carbocycles. The van der Waals surface area contributed by atoms with Gasteiger partial charge in [-0.25, -0.2) is 8.78 Å². The summed E-state index contributed by atoms with van der Waals surface area (Å²) in [6, 6.07) is 4.37. The number of halogens is 2. The van der Waals surface area contributed by atoms with Crippen molar-refractivity contribution in [3.8, 4) is 0 Å². The van der Waals surface area contributed by atoms with Gasteiger partial charge >= 0.3 is 0 Å². The molecule has 0 bridgehead atoms. The Morgan fingerprint density at radius 2 is 2.07 bits per heavy atom. The zero-order valence-electron chi connectivity index (χ0n) is 18.0. The van der Waals surface area contributed by atoms with Gasteiger partial charge in [0.2, 0.25) is 0 Å². The van der Waals surface area contributed by atoms with Crippen LogP contribution in [0.5, 0.6) is 0 Å². The molecule has 0 radical (unpaired) electrons. The molecule has 0 spiro atoms. The van der Waals surface area contributed by atoms with Gasteiger partial charge in [-0.15, -0.1) is 0 Å². The van der Waals surface area contributed by atoms with Crippen LogP contribution in [0, 0.1) is 5.82 Å². The molecule has 2 atom stereocenters. The molecule has 0 saturated carbocycles. The summed E-state index contributed by atoms with van der Waals surface area (Å²) in [6.07, 6.45) is 1.06. The van der Waals surface area contributed by atoms with Crippen LogP contribution in [0.1, 0.15) is 51.7 Å². The second kappa shape index (κ2) is 8.38. The topological polar surface area (TPSA) is 77.0 Å². The van der Waals surface area contributed by atoms with Crippen LogP contribution < -0.4 is 5.73 Å². The van der Waals surface area contributed by atoms with Gasteiger partial charge in [0.15, 0.2) is 11.5 Å². The Bertz CT molecular complexity index is 950. The molecule has 0 aromatic heterocycles. The van der Waals surface area contributed by atoms with Gasteiger partial charge < -0.3 is 10.5 Å². The molecule has 0 fully saturated rings. The summed E-state index contributed by atoms with van der Waals surface area (Å²) in [5.41, 5.74) is 5.64. The molecular formula is C23H29F2N3O2. The fourth-order valence-corrected chi connectivity index (χ4v) is 4.39. The second-order valence-corrected chi connectivity index (χ2v) is 8.14. The van der Waals surface area contributed by atoms with E-state index >= 15 is 4.39 Å². The van der Waals surface area contributed by atoms with Gasteiger partial charge in [0.25, 0.3) is 0 Å². The monoisotopic (exact) mass is 417 g/mol. The quantitative estimate of drug-likeness (QED) is 0.764. The highest BCUT2D eigenvalue weighted by Crippen LogP contribution is 2.45. The molecule has 0 saturated heterocycles. The maximum Gasteiger partial charge on any atom is 0.165 e. The normalized spacial score (nSPS) is 27.0. The minimum Gasteiger partial charge on any atom is -0.386 e. The van der Waals surface area contributed by atoms with Crippen LogP contribution in [0.15, 0.2) is 39.3 Å². The molecule has 2 aliphatic heterocycles. The number of nitrogens with two attached hydrogens (primary N) is 1. The Hall–Kier alpha value is -2.41.